The summed E-state index contributed by atoms with van der Waals surface area (Å²) < 4.78 is 5.21. The normalized spacial score (nSPS) is 18.8. The van der Waals surface area contributed by atoms with Crippen LogP contribution < -0.4 is 4.90 Å². The quantitative estimate of drug-likeness (QED) is 0.843. The molecule has 5 nitrogen and oxygen atoms in total. The fourth-order valence-corrected chi connectivity index (χ4v) is 3.33. The lowest BCUT2D eigenvalue weighted by atomic mass is 10.0. The second-order valence-corrected chi connectivity index (χ2v) is 6.52. The van der Waals surface area contributed by atoms with Gasteiger partial charge >= 0.3 is 0 Å². The Labute approximate surface area is 144 Å². The van der Waals surface area contributed by atoms with E-state index in [9.17, 15) is 0 Å². The first-order valence-corrected chi connectivity index (χ1v) is 8.48. The highest BCUT2D eigenvalue weighted by Crippen LogP contribution is 2.22. The van der Waals surface area contributed by atoms with Gasteiger partial charge in [-0.2, -0.15) is 0 Å². The average molecular weight is 326 g/mol. The fourth-order valence-electron chi connectivity index (χ4n) is 3.33. The summed E-state index contributed by atoms with van der Waals surface area (Å²) >= 11 is 0. The number of nitrogens with zero attached hydrogens (tertiary/aromatic N) is 4. The van der Waals surface area contributed by atoms with Crippen molar-refractivity contribution in [3.05, 3.63) is 53.5 Å². The number of aryl methyl sites for hydroxylation is 1. The first-order chi connectivity index (χ1) is 11.7. The highest BCUT2D eigenvalue weighted by molar-refractivity contribution is 5.42. The summed E-state index contributed by atoms with van der Waals surface area (Å²) in [7, 11) is 3.87. The van der Waals surface area contributed by atoms with E-state index in [0.29, 0.717) is 12.6 Å². The largest absolute Gasteiger partial charge is 0.377 e. The summed E-state index contributed by atoms with van der Waals surface area (Å²) in [5.41, 5.74) is 2.36. The maximum atomic E-state index is 5.21. The van der Waals surface area contributed by atoms with Crippen LogP contribution in [-0.4, -0.2) is 54.7 Å². The minimum Gasteiger partial charge on any atom is -0.377 e. The summed E-state index contributed by atoms with van der Waals surface area (Å²) in [6.45, 7) is 5.54. The SMILES string of the molecule is COCc1nc(C)cc(N2CCN(C)CC2Cc2ccccc2)n1. The molecule has 0 bridgehead atoms. The molecule has 3 rings (SSSR count). The number of likely N-dealkylation sites (N-methyl/N-ethyl adjacent to an activating group) is 1. The van der Waals surface area contributed by atoms with Gasteiger partial charge in [-0.15, -0.1) is 0 Å². The van der Waals surface area contributed by atoms with Crippen LogP contribution in [-0.2, 0) is 17.8 Å². The van der Waals surface area contributed by atoms with E-state index in [0.717, 1.165) is 43.4 Å². The van der Waals surface area contributed by atoms with Gasteiger partial charge in [0, 0.05) is 44.5 Å². The van der Waals surface area contributed by atoms with Gasteiger partial charge in [0.25, 0.3) is 0 Å². The molecule has 1 saturated heterocycles. The molecule has 1 atom stereocenters. The standard InChI is InChI=1S/C19H26N4O/c1-15-11-19(21-18(20-15)14-24-3)23-10-9-22(2)13-17(23)12-16-7-5-4-6-8-16/h4-8,11,17H,9-10,12-14H2,1-3H3. The first-order valence-electron chi connectivity index (χ1n) is 8.48. The zero-order valence-electron chi connectivity index (χ0n) is 14.8. The predicted octanol–water partition coefficient (Wildman–Crippen LogP) is 2.29. The zero-order valence-corrected chi connectivity index (χ0v) is 14.8. The maximum absolute atomic E-state index is 5.21. The molecule has 0 radical (unpaired) electrons. The van der Waals surface area contributed by atoms with Crippen molar-refractivity contribution in [3.8, 4) is 0 Å². The molecule has 1 unspecified atom stereocenters. The van der Waals surface area contributed by atoms with Gasteiger partial charge in [-0.1, -0.05) is 30.3 Å². The molecule has 1 fully saturated rings. The number of hydrogen-bond donors (Lipinski definition) is 0. The summed E-state index contributed by atoms with van der Waals surface area (Å²) in [5, 5.41) is 0. The van der Waals surface area contributed by atoms with Crippen molar-refractivity contribution >= 4 is 5.82 Å². The van der Waals surface area contributed by atoms with Crippen LogP contribution in [0.15, 0.2) is 36.4 Å². The zero-order chi connectivity index (χ0) is 16.9. The van der Waals surface area contributed by atoms with E-state index in [1.165, 1.54) is 5.56 Å². The number of benzene rings is 1. The Balaban J connectivity index is 1.86. The van der Waals surface area contributed by atoms with E-state index in [4.69, 9.17) is 9.72 Å². The number of aromatic nitrogens is 2. The minimum atomic E-state index is 0.413. The van der Waals surface area contributed by atoms with Gasteiger partial charge in [0.2, 0.25) is 0 Å². The third-order valence-corrected chi connectivity index (χ3v) is 4.45. The Hall–Kier alpha value is -1.98. The van der Waals surface area contributed by atoms with Gasteiger partial charge < -0.3 is 14.5 Å². The highest BCUT2D eigenvalue weighted by Gasteiger charge is 2.27. The molecule has 1 aliphatic rings. The van der Waals surface area contributed by atoms with Crippen LogP contribution >= 0.6 is 0 Å². The molecule has 128 valence electrons. The summed E-state index contributed by atoms with van der Waals surface area (Å²) in [4.78, 5) is 14.0. The lowest BCUT2D eigenvalue weighted by Gasteiger charge is -2.41. The van der Waals surface area contributed by atoms with E-state index in [-0.39, 0.29) is 0 Å². The lowest BCUT2D eigenvalue weighted by molar-refractivity contribution is 0.177. The van der Waals surface area contributed by atoms with Crippen molar-refractivity contribution in [3.63, 3.8) is 0 Å². The molecule has 0 aliphatic carbocycles. The van der Waals surface area contributed by atoms with Crippen molar-refractivity contribution in [1.29, 1.82) is 0 Å². The molecular formula is C19H26N4O. The van der Waals surface area contributed by atoms with E-state index in [2.05, 4.69) is 58.2 Å². The third-order valence-electron chi connectivity index (χ3n) is 4.45. The maximum Gasteiger partial charge on any atom is 0.156 e. The van der Waals surface area contributed by atoms with E-state index in [1.807, 2.05) is 6.92 Å². The van der Waals surface area contributed by atoms with Gasteiger partial charge in [-0.05, 0) is 26.0 Å². The number of rotatable bonds is 5. The summed E-state index contributed by atoms with van der Waals surface area (Å²) in [5.74, 6) is 1.77. The minimum absolute atomic E-state index is 0.413. The molecule has 0 N–H and O–H groups in total. The third kappa shape index (κ3) is 4.10. The molecule has 1 aromatic carbocycles. The van der Waals surface area contributed by atoms with Gasteiger partial charge in [0.15, 0.2) is 5.82 Å². The number of hydrogen-bond acceptors (Lipinski definition) is 5. The predicted molar refractivity (Wildman–Crippen MR) is 96.3 cm³/mol. The van der Waals surface area contributed by atoms with Crippen LogP contribution in [0, 0.1) is 6.92 Å². The van der Waals surface area contributed by atoms with Gasteiger partial charge in [-0.3, -0.25) is 0 Å². The van der Waals surface area contributed by atoms with Crippen molar-refractivity contribution in [2.75, 3.05) is 38.7 Å². The molecule has 0 spiro atoms. The monoisotopic (exact) mass is 326 g/mol. The number of ether oxygens (including phenoxy) is 1. The Morgan fingerprint density at radius 3 is 2.71 bits per heavy atom. The topological polar surface area (TPSA) is 41.5 Å². The molecule has 5 heteroatoms. The van der Waals surface area contributed by atoms with Crippen LogP contribution in [0.3, 0.4) is 0 Å². The molecule has 2 heterocycles. The van der Waals surface area contributed by atoms with Crippen LogP contribution in [0.4, 0.5) is 5.82 Å². The van der Waals surface area contributed by atoms with Crippen LogP contribution in [0.25, 0.3) is 0 Å². The van der Waals surface area contributed by atoms with E-state index >= 15 is 0 Å². The Morgan fingerprint density at radius 2 is 1.96 bits per heavy atom. The van der Waals surface area contributed by atoms with Crippen molar-refractivity contribution < 1.29 is 4.74 Å². The van der Waals surface area contributed by atoms with E-state index < -0.39 is 0 Å². The summed E-state index contributed by atoms with van der Waals surface area (Å²) in [6.07, 6.45) is 1.02. The summed E-state index contributed by atoms with van der Waals surface area (Å²) in [6, 6.07) is 13.2. The average Bonchev–Trinajstić information content (AvgIpc) is 2.56. The van der Waals surface area contributed by atoms with Gasteiger partial charge in [-0.25, -0.2) is 9.97 Å². The first kappa shape index (κ1) is 16.9. The lowest BCUT2D eigenvalue weighted by Crippen LogP contribution is -2.53. The molecule has 0 amide bonds. The molecule has 2 aromatic rings. The van der Waals surface area contributed by atoms with Crippen LogP contribution in [0.1, 0.15) is 17.1 Å². The Bertz CT molecular complexity index is 662. The van der Waals surface area contributed by atoms with Crippen molar-refractivity contribution in [2.45, 2.75) is 26.0 Å². The second kappa shape index (κ2) is 7.73. The smallest absolute Gasteiger partial charge is 0.156 e. The van der Waals surface area contributed by atoms with E-state index in [1.54, 1.807) is 7.11 Å². The number of piperazine rings is 1. The second-order valence-electron chi connectivity index (χ2n) is 6.52. The molecule has 1 aromatic heterocycles. The molecule has 0 saturated carbocycles. The fraction of sp³-hybridized carbons (Fsp3) is 0.474. The van der Waals surface area contributed by atoms with Gasteiger partial charge in [0.05, 0.1) is 0 Å². The number of anilines is 1. The highest BCUT2D eigenvalue weighted by atomic mass is 16.5. The molecule has 1 aliphatic heterocycles. The Kier molecular flexibility index (Phi) is 5.43. The molecule has 24 heavy (non-hydrogen) atoms. The number of methoxy groups -OCH3 is 1. The molecular weight excluding hydrogens is 300 g/mol. The van der Waals surface area contributed by atoms with Crippen LogP contribution in [0.2, 0.25) is 0 Å². The Morgan fingerprint density at radius 1 is 1.17 bits per heavy atom. The van der Waals surface area contributed by atoms with Crippen molar-refractivity contribution in [1.82, 2.24) is 14.9 Å². The van der Waals surface area contributed by atoms with Crippen molar-refractivity contribution in [2.24, 2.45) is 0 Å². The van der Waals surface area contributed by atoms with Crippen LogP contribution in [0.5, 0.6) is 0 Å². The van der Waals surface area contributed by atoms with Gasteiger partial charge in [0.1, 0.15) is 12.4 Å².